The first-order valence-electron chi connectivity index (χ1n) is 12.9. The van der Waals surface area contributed by atoms with Crippen LogP contribution < -0.4 is 0 Å². The molecule has 0 N–H and O–H groups in total. The highest BCUT2D eigenvalue weighted by molar-refractivity contribution is 7.25. The van der Waals surface area contributed by atoms with Crippen LogP contribution in [-0.4, -0.2) is 15.0 Å². The van der Waals surface area contributed by atoms with Crippen molar-refractivity contribution in [3.8, 4) is 33.6 Å². The van der Waals surface area contributed by atoms with Crippen LogP contribution >= 0.6 is 11.3 Å². The molecule has 0 saturated heterocycles. The van der Waals surface area contributed by atoms with Crippen LogP contribution in [0.3, 0.4) is 0 Å². The molecular weight excluding hydrogens is 494 g/mol. The van der Waals surface area contributed by atoms with Crippen molar-refractivity contribution in [1.29, 1.82) is 0 Å². The molecule has 0 unspecified atom stereocenters. The van der Waals surface area contributed by atoms with Crippen molar-refractivity contribution in [3.63, 3.8) is 0 Å². The third kappa shape index (κ3) is 3.77. The van der Waals surface area contributed by atoms with Gasteiger partial charge in [-0.1, -0.05) is 72.8 Å². The van der Waals surface area contributed by atoms with Gasteiger partial charge in [-0.25, -0.2) is 9.97 Å². The summed E-state index contributed by atoms with van der Waals surface area (Å²) in [5, 5.41) is 4.80. The van der Waals surface area contributed by atoms with Crippen molar-refractivity contribution in [2.75, 3.05) is 0 Å². The van der Waals surface area contributed by atoms with Crippen molar-refractivity contribution in [3.05, 3.63) is 128 Å². The summed E-state index contributed by atoms with van der Waals surface area (Å²) in [6, 6.07) is 40.7. The molecule has 4 heteroatoms. The molecule has 0 bridgehead atoms. The summed E-state index contributed by atoms with van der Waals surface area (Å²) >= 11 is 1.85. The predicted octanol–water partition coefficient (Wildman–Crippen LogP) is 9.55. The molecule has 0 atom stereocenters. The Hall–Kier alpha value is -4.93. The van der Waals surface area contributed by atoms with Crippen LogP contribution in [-0.2, 0) is 0 Å². The first-order chi connectivity index (χ1) is 19.3. The van der Waals surface area contributed by atoms with Crippen LogP contribution in [0.4, 0.5) is 0 Å². The Morgan fingerprint density at radius 3 is 1.85 bits per heavy atom. The number of thiophene rings is 1. The SMILES string of the molecule is c1cncc(-c2ccc3ccc4ccc(-c5ccc(-c6ccc7sc8ccccc8c7c6)cc5)nc4c3n2)c1. The molecule has 0 radical (unpaired) electrons. The van der Waals surface area contributed by atoms with Crippen molar-refractivity contribution < 1.29 is 0 Å². The minimum absolute atomic E-state index is 0.898. The van der Waals surface area contributed by atoms with Crippen molar-refractivity contribution in [1.82, 2.24) is 15.0 Å². The second-order valence-corrected chi connectivity index (χ2v) is 10.8. The van der Waals surface area contributed by atoms with Gasteiger partial charge in [-0.3, -0.25) is 4.98 Å². The summed E-state index contributed by atoms with van der Waals surface area (Å²) in [5.74, 6) is 0. The van der Waals surface area contributed by atoms with Crippen molar-refractivity contribution in [2.45, 2.75) is 0 Å². The molecule has 4 aromatic carbocycles. The number of rotatable bonds is 3. The zero-order valence-electron chi connectivity index (χ0n) is 20.9. The van der Waals surface area contributed by atoms with Gasteiger partial charge in [0.15, 0.2) is 0 Å². The Morgan fingerprint density at radius 2 is 1.10 bits per heavy atom. The van der Waals surface area contributed by atoms with Crippen LogP contribution in [0.2, 0.25) is 0 Å². The van der Waals surface area contributed by atoms with Gasteiger partial charge in [0.2, 0.25) is 0 Å². The first kappa shape index (κ1) is 22.1. The van der Waals surface area contributed by atoms with Gasteiger partial charge in [0, 0.05) is 54.5 Å². The minimum atomic E-state index is 0.898. The molecule has 182 valence electrons. The number of benzene rings is 4. The van der Waals surface area contributed by atoms with Gasteiger partial charge in [-0.2, -0.15) is 0 Å². The fourth-order valence-corrected chi connectivity index (χ4v) is 6.43. The minimum Gasteiger partial charge on any atom is -0.264 e. The molecule has 4 heterocycles. The Balaban J connectivity index is 1.19. The molecule has 3 nitrogen and oxygen atoms in total. The zero-order chi connectivity index (χ0) is 25.8. The molecule has 4 aromatic heterocycles. The molecule has 39 heavy (non-hydrogen) atoms. The lowest BCUT2D eigenvalue weighted by Crippen LogP contribution is -1.91. The maximum atomic E-state index is 5.10. The van der Waals surface area contributed by atoms with Crippen molar-refractivity contribution >= 4 is 53.3 Å². The van der Waals surface area contributed by atoms with Gasteiger partial charge in [-0.05, 0) is 53.6 Å². The van der Waals surface area contributed by atoms with Gasteiger partial charge in [-0.15, -0.1) is 11.3 Å². The van der Waals surface area contributed by atoms with E-state index in [4.69, 9.17) is 9.97 Å². The summed E-state index contributed by atoms with van der Waals surface area (Å²) in [6.07, 6.45) is 3.62. The summed E-state index contributed by atoms with van der Waals surface area (Å²) < 4.78 is 2.65. The van der Waals surface area contributed by atoms with Crippen molar-refractivity contribution in [2.24, 2.45) is 0 Å². The maximum Gasteiger partial charge on any atom is 0.0972 e. The van der Waals surface area contributed by atoms with E-state index in [9.17, 15) is 0 Å². The Labute approximate surface area is 229 Å². The average Bonchev–Trinajstić information content (AvgIpc) is 3.39. The molecule has 8 rings (SSSR count). The molecular formula is C35H21N3S. The van der Waals surface area contributed by atoms with Gasteiger partial charge >= 0.3 is 0 Å². The Bertz CT molecular complexity index is 2160. The van der Waals surface area contributed by atoms with E-state index in [0.29, 0.717) is 0 Å². The lowest BCUT2D eigenvalue weighted by atomic mass is 10.0. The largest absolute Gasteiger partial charge is 0.264 e. The third-order valence-electron chi connectivity index (χ3n) is 7.37. The second kappa shape index (κ2) is 8.83. The Kier molecular flexibility index (Phi) is 5.00. The van der Waals surface area contributed by atoms with Crippen LogP contribution in [0.1, 0.15) is 0 Å². The fourth-order valence-electron chi connectivity index (χ4n) is 5.34. The van der Waals surface area contributed by atoms with E-state index in [0.717, 1.165) is 44.3 Å². The van der Waals surface area contributed by atoms with Crippen LogP contribution in [0.5, 0.6) is 0 Å². The number of fused-ring (bicyclic) bond motifs is 6. The summed E-state index contributed by atoms with van der Waals surface area (Å²) in [4.78, 5) is 14.4. The van der Waals surface area contributed by atoms with E-state index in [1.165, 1.54) is 31.3 Å². The summed E-state index contributed by atoms with van der Waals surface area (Å²) in [7, 11) is 0. The molecule has 8 aromatic rings. The molecule has 0 amide bonds. The van der Waals surface area contributed by atoms with E-state index in [2.05, 4.69) is 102 Å². The molecule has 0 aliphatic heterocycles. The number of pyridine rings is 3. The van der Waals surface area contributed by atoms with Gasteiger partial charge in [0.05, 0.1) is 22.4 Å². The van der Waals surface area contributed by atoms with E-state index in [1.54, 1.807) is 6.20 Å². The van der Waals surface area contributed by atoms with Gasteiger partial charge in [0.25, 0.3) is 0 Å². The van der Waals surface area contributed by atoms with Crippen LogP contribution in [0.15, 0.2) is 128 Å². The van der Waals surface area contributed by atoms with E-state index in [-0.39, 0.29) is 0 Å². The smallest absolute Gasteiger partial charge is 0.0972 e. The molecule has 0 aliphatic rings. The highest BCUT2D eigenvalue weighted by Crippen LogP contribution is 2.36. The molecule has 0 aliphatic carbocycles. The quantitative estimate of drug-likeness (QED) is 0.220. The summed E-state index contributed by atoms with van der Waals surface area (Å²) in [5.41, 5.74) is 8.16. The van der Waals surface area contributed by atoms with Gasteiger partial charge in [0.1, 0.15) is 0 Å². The lowest BCUT2D eigenvalue weighted by molar-refractivity contribution is 1.30. The third-order valence-corrected chi connectivity index (χ3v) is 8.52. The predicted molar refractivity (Wildman–Crippen MR) is 164 cm³/mol. The number of aromatic nitrogens is 3. The summed E-state index contributed by atoms with van der Waals surface area (Å²) in [6.45, 7) is 0. The number of hydrogen-bond acceptors (Lipinski definition) is 4. The highest BCUT2D eigenvalue weighted by atomic mass is 32.1. The highest BCUT2D eigenvalue weighted by Gasteiger charge is 2.10. The maximum absolute atomic E-state index is 5.10. The number of nitrogens with zero attached hydrogens (tertiary/aromatic N) is 3. The van der Waals surface area contributed by atoms with Crippen LogP contribution in [0, 0.1) is 0 Å². The molecule has 0 spiro atoms. The van der Waals surface area contributed by atoms with E-state index in [1.807, 2.05) is 35.7 Å². The van der Waals surface area contributed by atoms with Gasteiger partial charge < -0.3 is 0 Å². The normalized spacial score (nSPS) is 11.6. The van der Waals surface area contributed by atoms with E-state index >= 15 is 0 Å². The zero-order valence-corrected chi connectivity index (χ0v) is 21.7. The fraction of sp³-hybridized carbons (Fsp3) is 0. The lowest BCUT2D eigenvalue weighted by Gasteiger charge is -2.09. The first-order valence-corrected chi connectivity index (χ1v) is 13.7. The average molecular weight is 516 g/mol. The topological polar surface area (TPSA) is 38.7 Å². The molecule has 0 saturated carbocycles. The second-order valence-electron chi connectivity index (χ2n) is 9.73. The van der Waals surface area contributed by atoms with E-state index < -0.39 is 0 Å². The monoisotopic (exact) mass is 515 g/mol. The number of hydrogen-bond donors (Lipinski definition) is 0. The van der Waals surface area contributed by atoms with Crippen LogP contribution in [0.25, 0.3) is 75.6 Å². The standard InChI is InChI=1S/C35H21N3S/c1-2-6-32-28(5-1)29-20-26(15-18-33(29)39-32)22-7-9-23(10-8-22)30-16-13-24-11-12-25-14-17-31(27-4-3-19-36-21-27)38-35(25)34(24)37-30/h1-21H. The Morgan fingerprint density at radius 1 is 0.462 bits per heavy atom. The molecule has 0 fully saturated rings.